The summed E-state index contributed by atoms with van der Waals surface area (Å²) in [5.41, 5.74) is 1.000. The molecule has 0 unspecified atom stereocenters. The molecule has 2 aromatic carbocycles. The molecule has 0 atom stereocenters. The van der Waals surface area contributed by atoms with E-state index in [2.05, 4.69) is 20.8 Å². The van der Waals surface area contributed by atoms with Crippen molar-refractivity contribution in [2.24, 2.45) is 7.05 Å². The predicted molar refractivity (Wildman–Crippen MR) is 115 cm³/mol. The molecule has 0 saturated carbocycles. The number of hydrogen-bond acceptors (Lipinski definition) is 6. The van der Waals surface area contributed by atoms with Crippen LogP contribution in [0.25, 0.3) is 0 Å². The van der Waals surface area contributed by atoms with Crippen LogP contribution < -0.4 is 15.4 Å². The molecule has 0 aliphatic heterocycles. The Labute approximate surface area is 183 Å². The molecule has 0 radical (unpaired) electrons. The number of thioether (sulfide) groups is 1. The van der Waals surface area contributed by atoms with E-state index < -0.39 is 5.82 Å². The first-order valence-electron chi connectivity index (χ1n) is 9.41. The monoisotopic (exact) mass is 443 g/mol. The molecule has 0 saturated heterocycles. The third-order valence-electron chi connectivity index (χ3n) is 4.37. The van der Waals surface area contributed by atoms with Crippen LogP contribution in [0.4, 0.5) is 10.1 Å². The van der Waals surface area contributed by atoms with Gasteiger partial charge in [0, 0.05) is 7.05 Å². The topological polar surface area (TPSA) is 98.1 Å². The lowest BCUT2D eigenvalue weighted by molar-refractivity contribution is -0.120. The van der Waals surface area contributed by atoms with Gasteiger partial charge in [0.2, 0.25) is 11.8 Å². The van der Waals surface area contributed by atoms with Gasteiger partial charge in [-0.05, 0) is 29.8 Å². The molecule has 0 bridgehead atoms. The molecular formula is C21H22FN5O3S. The van der Waals surface area contributed by atoms with Crippen LogP contribution in [-0.4, -0.2) is 39.4 Å². The summed E-state index contributed by atoms with van der Waals surface area (Å²) in [6.07, 6.45) is 0.236. The van der Waals surface area contributed by atoms with Crippen LogP contribution in [-0.2, 0) is 29.6 Å². The highest BCUT2D eigenvalue weighted by molar-refractivity contribution is 7.99. The van der Waals surface area contributed by atoms with Gasteiger partial charge in [0.05, 0.1) is 31.5 Å². The summed E-state index contributed by atoms with van der Waals surface area (Å²) < 4.78 is 20.4. The van der Waals surface area contributed by atoms with E-state index in [0.29, 0.717) is 11.0 Å². The molecule has 1 aromatic heterocycles. The zero-order chi connectivity index (χ0) is 22.2. The largest absolute Gasteiger partial charge is 0.497 e. The Hall–Kier alpha value is -3.40. The lowest BCUT2D eigenvalue weighted by atomic mass is 10.1. The second-order valence-electron chi connectivity index (χ2n) is 6.58. The molecule has 3 aromatic rings. The lowest BCUT2D eigenvalue weighted by Gasteiger charge is -2.07. The Morgan fingerprint density at radius 3 is 2.55 bits per heavy atom. The van der Waals surface area contributed by atoms with Gasteiger partial charge >= 0.3 is 0 Å². The van der Waals surface area contributed by atoms with Gasteiger partial charge in [-0.15, -0.1) is 10.2 Å². The van der Waals surface area contributed by atoms with E-state index in [1.165, 1.54) is 23.9 Å². The average Bonchev–Trinajstić information content (AvgIpc) is 3.12. The van der Waals surface area contributed by atoms with Gasteiger partial charge in [0.1, 0.15) is 11.6 Å². The summed E-state index contributed by atoms with van der Waals surface area (Å²) in [6.45, 7) is 0.209. The third kappa shape index (κ3) is 6.29. The molecule has 162 valence electrons. The number of nitrogens with one attached hydrogen (secondary N) is 2. The van der Waals surface area contributed by atoms with E-state index in [9.17, 15) is 14.0 Å². The molecule has 10 heteroatoms. The standard InChI is InChI=1S/C21H22FN5O3S/c1-27-18(12-23-19(28)11-14-7-9-15(30-2)10-8-14)25-26-21(27)31-13-20(29)24-17-6-4-3-5-16(17)22/h3-10H,11-13H2,1-2H3,(H,23,28)(H,24,29). The summed E-state index contributed by atoms with van der Waals surface area (Å²) in [7, 11) is 3.34. The number of halogens is 1. The van der Waals surface area contributed by atoms with Crippen LogP contribution in [0, 0.1) is 5.82 Å². The molecule has 2 amide bonds. The van der Waals surface area contributed by atoms with E-state index >= 15 is 0 Å². The number of methoxy groups -OCH3 is 1. The SMILES string of the molecule is COc1ccc(CC(=O)NCc2nnc(SCC(=O)Nc3ccccc3F)n2C)cc1. The maximum Gasteiger partial charge on any atom is 0.234 e. The number of nitrogens with zero attached hydrogens (tertiary/aromatic N) is 3. The molecule has 8 nitrogen and oxygen atoms in total. The summed E-state index contributed by atoms with van der Waals surface area (Å²) in [5.74, 6) is 0.339. The third-order valence-corrected chi connectivity index (χ3v) is 5.39. The molecule has 1 heterocycles. The first-order valence-corrected chi connectivity index (χ1v) is 10.4. The zero-order valence-corrected chi connectivity index (χ0v) is 17.9. The number of rotatable bonds is 9. The summed E-state index contributed by atoms with van der Waals surface area (Å²) in [5, 5.41) is 14.0. The zero-order valence-electron chi connectivity index (χ0n) is 17.1. The Morgan fingerprint density at radius 1 is 1.10 bits per heavy atom. The maximum atomic E-state index is 13.6. The van der Waals surface area contributed by atoms with Gasteiger partial charge in [0.25, 0.3) is 0 Å². The van der Waals surface area contributed by atoms with Crippen LogP contribution in [0.5, 0.6) is 5.75 Å². The minimum atomic E-state index is -0.493. The Balaban J connectivity index is 1.47. The molecule has 0 aliphatic carbocycles. The summed E-state index contributed by atoms with van der Waals surface area (Å²) in [6, 6.07) is 13.2. The van der Waals surface area contributed by atoms with E-state index in [-0.39, 0.29) is 36.2 Å². The number of para-hydroxylation sites is 1. The van der Waals surface area contributed by atoms with Crippen molar-refractivity contribution in [2.45, 2.75) is 18.1 Å². The molecular weight excluding hydrogens is 421 g/mol. The van der Waals surface area contributed by atoms with Crippen molar-refractivity contribution in [1.82, 2.24) is 20.1 Å². The van der Waals surface area contributed by atoms with Crippen molar-refractivity contribution >= 4 is 29.3 Å². The highest BCUT2D eigenvalue weighted by Gasteiger charge is 2.13. The second kappa shape index (κ2) is 10.6. The fraction of sp³-hybridized carbons (Fsp3) is 0.238. The van der Waals surface area contributed by atoms with Crippen molar-refractivity contribution in [3.63, 3.8) is 0 Å². The quantitative estimate of drug-likeness (QED) is 0.493. The van der Waals surface area contributed by atoms with Crippen LogP contribution in [0.1, 0.15) is 11.4 Å². The number of ether oxygens (including phenoxy) is 1. The van der Waals surface area contributed by atoms with Crippen LogP contribution in [0.3, 0.4) is 0 Å². The van der Waals surface area contributed by atoms with Crippen LogP contribution in [0.2, 0.25) is 0 Å². The smallest absolute Gasteiger partial charge is 0.234 e. The normalized spacial score (nSPS) is 10.5. The van der Waals surface area contributed by atoms with Crippen molar-refractivity contribution in [3.8, 4) is 5.75 Å². The van der Waals surface area contributed by atoms with E-state index in [1.54, 1.807) is 43.0 Å². The van der Waals surface area contributed by atoms with E-state index in [4.69, 9.17) is 4.74 Å². The molecule has 0 aliphatic rings. The molecule has 3 rings (SSSR count). The van der Waals surface area contributed by atoms with Gasteiger partial charge < -0.3 is 19.9 Å². The van der Waals surface area contributed by atoms with Gasteiger partial charge in [-0.2, -0.15) is 0 Å². The van der Waals surface area contributed by atoms with Crippen molar-refractivity contribution < 1.29 is 18.7 Å². The van der Waals surface area contributed by atoms with Gasteiger partial charge in [0.15, 0.2) is 11.0 Å². The van der Waals surface area contributed by atoms with Crippen molar-refractivity contribution in [2.75, 3.05) is 18.2 Å². The average molecular weight is 444 g/mol. The number of carbonyl (C=O) groups is 2. The highest BCUT2D eigenvalue weighted by atomic mass is 32.2. The number of benzene rings is 2. The lowest BCUT2D eigenvalue weighted by Crippen LogP contribution is -2.26. The molecule has 2 N–H and O–H groups in total. The number of amides is 2. The van der Waals surface area contributed by atoms with Gasteiger partial charge in [-0.3, -0.25) is 9.59 Å². The Morgan fingerprint density at radius 2 is 1.84 bits per heavy atom. The summed E-state index contributed by atoms with van der Waals surface area (Å²) in [4.78, 5) is 24.2. The minimum absolute atomic E-state index is 0.0458. The number of anilines is 1. The Bertz CT molecular complexity index is 1060. The Kier molecular flexibility index (Phi) is 7.60. The summed E-state index contributed by atoms with van der Waals surface area (Å²) >= 11 is 1.17. The van der Waals surface area contributed by atoms with Crippen molar-refractivity contribution in [1.29, 1.82) is 0 Å². The first kappa shape index (κ1) is 22.3. The molecule has 31 heavy (non-hydrogen) atoms. The maximum absolute atomic E-state index is 13.6. The van der Waals surface area contributed by atoms with Gasteiger partial charge in [-0.25, -0.2) is 4.39 Å². The first-order chi connectivity index (χ1) is 15.0. The fourth-order valence-electron chi connectivity index (χ4n) is 2.67. The van der Waals surface area contributed by atoms with E-state index in [1.807, 2.05) is 12.1 Å². The molecule has 0 spiro atoms. The van der Waals surface area contributed by atoms with Crippen LogP contribution in [0.15, 0.2) is 53.7 Å². The number of hydrogen-bond donors (Lipinski definition) is 2. The van der Waals surface area contributed by atoms with Crippen molar-refractivity contribution in [3.05, 3.63) is 65.7 Å². The number of aromatic nitrogens is 3. The highest BCUT2D eigenvalue weighted by Crippen LogP contribution is 2.18. The minimum Gasteiger partial charge on any atom is -0.497 e. The molecule has 0 fully saturated rings. The van der Waals surface area contributed by atoms with Crippen LogP contribution >= 0.6 is 11.8 Å². The predicted octanol–water partition coefficient (Wildman–Crippen LogP) is 2.55. The second-order valence-corrected chi connectivity index (χ2v) is 7.52. The van der Waals surface area contributed by atoms with Gasteiger partial charge in [-0.1, -0.05) is 36.0 Å². The fourth-order valence-corrected chi connectivity index (χ4v) is 3.40. The van der Waals surface area contributed by atoms with E-state index in [0.717, 1.165) is 11.3 Å². The number of carbonyl (C=O) groups excluding carboxylic acids is 2.